The molecular formula is C27H26N2O4. The van der Waals surface area contributed by atoms with Crippen LogP contribution < -0.4 is 4.90 Å². The van der Waals surface area contributed by atoms with E-state index in [9.17, 15) is 19.8 Å². The van der Waals surface area contributed by atoms with Crippen molar-refractivity contribution in [2.24, 2.45) is 0 Å². The van der Waals surface area contributed by atoms with Crippen LogP contribution in [-0.4, -0.2) is 26.9 Å². The topological polar surface area (TPSA) is 90.7 Å². The molecule has 0 radical (unpaired) electrons. The number of phenols is 1. The number of rotatable bonds is 3. The molecule has 1 aliphatic rings. The summed E-state index contributed by atoms with van der Waals surface area (Å²) in [5, 5.41) is 21.9. The zero-order valence-electron chi connectivity index (χ0n) is 19.0. The molecule has 1 aromatic heterocycles. The Morgan fingerprint density at radius 1 is 1.00 bits per heavy atom. The number of ketones is 1. The van der Waals surface area contributed by atoms with Gasteiger partial charge in [-0.05, 0) is 53.8 Å². The van der Waals surface area contributed by atoms with Crippen molar-refractivity contribution in [3.63, 3.8) is 0 Å². The molecule has 1 aliphatic heterocycles. The van der Waals surface area contributed by atoms with Crippen LogP contribution in [0.4, 0.5) is 5.69 Å². The number of carbonyl (C=O) groups is 2. The van der Waals surface area contributed by atoms with E-state index >= 15 is 0 Å². The molecule has 33 heavy (non-hydrogen) atoms. The second kappa shape index (κ2) is 8.20. The summed E-state index contributed by atoms with van der Waals surface area (Å²) in [6.07, 6.45) is 1.56. The van der Waals surface area contributed by atoms with Crippen LogP contribution in [0.5, 0.6) is 5.75 Å². The lowest BCUT2D eigenvalue weighted by Crippen LogP contribution is -2.29. The number of carbonyl (C=O) groups excluding carboxylic acids is 2. The number of aromatic hydroxyl groups is 1. The van der Waals surface area contributed by atoms with Gasteiger partial charge < -0.3 is 10.2 Å². The summed E-state index contributed by atoms with van der Waals surface area (Å²) in [6.45, 7) is 8.03. The minimum Gasteiger partial charge on any atom is -0.507 e. The molecule has 0 spiro atoms. The number of hydrogen-bond acceptors (Lipinski definition) is 5. The number of Topliss-reactive ketones (excluding diaryl/α,β-unsaturated/α-hetero) is 1. The third-order valence-corrected chi connectivity index (χ3v) is 5.91. The molecule has 1 amide bonds. The molecule has 1 fully saturated rings. The summed E-state index contributed by atoms with van der Waals surface area (Å²) in [5.74, 6) is -2.07. The van der Waals surface area contributed by atoms with Crippen molar-refractivity contribution >= 4 is 23.1 Å². The van der Waals surface area contributed by atoms with Gasteiger partial charge in [-0.15, -0.1) is 0 Å². The average Bonchev–Trinajstić information content (AvgIpc) is 3.04. The van der Waals surface area contributed by atoms with Gasteiger partial charge in [0.25, 0.3) is 11.7 Å². The molecule has 1 saturated heterocycles. The lowest BCUT2D eigenvalue weighted by atomic mass is 9.84. The molecule has 3 aromatic rings. The first-order valence-corrected chi connectivity index (χ1v) is 10.7. The normalized spacial score (nSPS) is 18.1. The number of hydrogen-bond donors (Lipinski definition) is 2. The van der Waals surface area contributed by atoms with E-state index in [0.29, 0.717) is 11.3 Å². The van der Waals surface area contributed by atoms with Gasteiger partial charge in [0, 0.05) is 11.8 Å². The summed E-state index contributed by atoms with van der Waals surface area (Å²) < 4.78 is 0. The fourth-order valence-electron chi connectivity index (χ4n) is 4.06. The summed E-state index contributed by atoms with van der Waals surface area (Å²) in [7, 11) is 0. The fraction of sp³-hybridized carbons (Fsp3) is 0.222. The molecule has 0 saturated carbocycles. The predicted molar refractivity (Wildman–Crippen MR) is 127 cm³/mol. The molecule has 6 heteroatoms. The number of nitrogens with zero attached hydrogens (tertiary/aromatic N) is 2. The van der Waals surface area contributed by atoms with E-state index in [4.69, 9.17) is 0 Å². The Hall–Kier alpha value is -3.93. The van der Waals surface area contributed by atoms with Crippen LogP contribution in [0.25, 0.3) is 5.76 Å². The van der Waals surface area contributed by atoms with Gasteiger partial charge in [-0.3, -0.25) is 19.5 Å². The number of benzene rings is 2. The Bertz CT molecular complexity index is 1270. The van der Waals surface area contributed by atoms with Gasteiger partial charge in [0.1, 0.15) is 17.6 Å². The smallest absolute Gasteiger partial charge is 0.300 e. The molecule has 2 heterocycles. The number of para-hydroxylation sites is 2. The van der Waals surface area contributed by atoms with E-state index in [1.54, 1.807) is 42.6 Å². The predicted octanol–water partition coefficient (Wildman–Crippen LogP) is 5.02. The third-order valence-electron chi connectivity index (χ3n) is 5.91. The van der Waals surface area contributed by atoms with Crippen molar-refractivity contribution in [1.29, 1.82) is 0 Å². The van der Waals surface area contributed by atoms with Crippen molar-refractivity contribution < 1.29 is 19.8 Å². The largest absolute Gasteiger partial charge is 0.507 e. The Morgan fingerprint density at radius 3 is 2.33 bits per heavy atom. The van der Waals surface area contributed by atoms with Gasteiger partial charge >= 0.3 is 0 Å². The van der Waals surface area contributed by atoms with Crippen LogP contribution in [-0.2, 0) is 15.0 Å². The van der Waals surface area contributed by atoms with Crippen molar-refractivity contribution in [2.45, 2.75) is 39.2 Å². The first-order valence-electron chi connectivity index (χ1n) is 10.7. The van der Waals surface area contributed by atoms with Crippen molar-refractivity contribution in [2.75, 3.05) is 4.90 Å². The maximum Gasteiger partial charge on any atom is 0.300 e. The number of aliphatic hydroxyl groups is 1. The molecule has 1 atom stereocenters. The number of anilines is 1. The van der Waals surface area contributed by atoms with Crippen molar-refractivity contribution in [3.05, 3.63) is 94.8 Å². The summed E-state index contributed by atoms with van der Waals surface area (Å²) in [4.78, 5) is 32.0. The highest BCUT2D eigenvalue weighted by Crippen LogP contribution is 2.44. The van der Waals surface area contributed by atoms with Gasteiger partial charge in [0.2, 0.25) is 0 Å². The first kappa shape index (κ1) is 22.3. The zero-order valence-corrected chi connectivity index (χ0v) is 19.0. The van der Waals surface area contributed by atoms with E-state index in [1.165, 1.54) is 11.0 Å². The van der Waals surface area contributed by atoms with E-state index in [1.807, 2.05) is 25.1 Å². The van der Waals surface area contributed by atoms with E-state index in [-0.39, 0.29) is 28.2 Å². The van der Waals surface area contributed by atoms with Gasteiger partial charge in [-0.25, -0.2) is 0 Å². The molecule has 6 nitrogen and oxygen atoms in total. The van der Waals surface area contributed by atoms with E-state index < -0.39 is 17.7 Å². The number of aliphatic hydroxyl groups excluding tert-OH is 1. The number of aryl methyl sites for hydroxylation is 1. The van der Waals surface area contributed by atoms with Gasteiger partial charge in [-0.1, -0.05) is 51.1 Å². The molecule has 1 unspecified atom stereocenters. The first-order chi connectivity index (χ1) is 15.6. The summed E-state index contributed by atoms with van der Waals surface area (Å²) >= 11 is 0. The standard InChI is InChI=1S/C27H26N2O4/c1-16-12-13-17(27(2,3)4)15-18(16)24(31)22-23(19-9-7-8-14-28-19)29(26(33)25(22)32)20-10-5-6-11-21(20)30/h5-15,23,30-31H,1-4H3/b24-22+. The van der Waals surface area contributed by atoms with Crippen LogP contribution in [0, 0.1) is 6.92 Å². The highest BCUT2D eigenvalue weighted by atomic mass is 16.3. The van der Waals surface area contributed by atoms with Crippen LogP contribution in [0.2, 0.25) is 0 Å². The van der Waals surface area contributed by atoms with E-state index in [2.05, 4.69) is 25.8 Å². The van der Waals surface area contributed by atoms with Gasteiger partial charge in [0.05, 0.1) is 17.0 Å². The second-order valence-electron chi connectivity index (χ2n) is 9.19. The van der Waals surface area contributed by atoms with E-state index in [0.717, 1.165) is 11.1 Å². The maximum absolute atomic E-state index is 13.3. The highest BCUT2D eigenvalue weighted by Gasteiger charge is 2.48. The Balaban J connectivity index is 1.99. The molecule has 4 rings (SSSR count). The fourth-order valence-corrected chi connectivity index (χ4v) is 4.06. The Labute approximate surface area is 192 Å². The Morgan fingerprint density at radius 2 is 1.70 bits per heavy atom. The molecule has 168 valence electrons. The lowest BCUT2D eigenvalue weighted by Gasteiger charge is -2.25. The SMILES string of the molecule is Cc1ccc(C(C)(C)C)cc1/C(O)=C1\C(=O)C(=O)N(c2ccccc2O)C1c1ccccn1. The Kier molecular flexibility index (Phi) is 5.54. The van der Waals surface area contributed by atoms with Crippen LogP contribution >= 0.6 is 0 Å². The monoisotopic (exact) mass is 442 g/mol. The van der Waals surface area contributed by atoms with Crippen molar-refractivity contribution in [3.8, 4) is 5.75 Å². The minimum atomic E-state index is -0.989. The second-order valence-corrected chi connectivity index (χ2v) is 9.19. The number of aromatic nitrogens is 1. The minimum absolute atomic E-state index is 0.0592. The number of amides is 1. The third kappa shape index (κ3) is 3.89. The summed E-state index contributed by atoms with van der Waals surface area (Å²) in [5.41, 5.74) is 2.59. The molecule has 2 aromatic carbocycles. The van der Waals surface area contributed by atoms with Gasteiger partial charge in [-0.2, -0.15) is 0 Å². The number of pyridine rings is 1. The molecular weight excluding hydrogens is 416 g/mol. The van der Waals surface area contributed by atoms with Crippen LogP contribution in [0.3, 0.4) is 0 Å². The quantitative estimate of drug-likeness (QED) is 0.338. The molecule has 0 aliphatic carbocycles. The lowest BCUT2D eigenvalue weighted by molar-refractivity contribution is -0.132. The van der Waals surface area contributed by atoms with Gasteiger partial charge in [0.15, 0.2) is 0 Å². The highest BCUT2D eigenvalue weighted by molar-refractivity contribution is 6.51. The number of phenolic OH excluding ortho intramolecular Hbond substituents is 1. The van der Waals surface area contributed by atoms with Crippen LogP contribution in [0.15, 0.2) is 72.4 Å². The maximum atomic E-state index is 13.3. The van der Waals surface area contributed by atoms with Crippen molar-refractivity contribution in [1.82, 2.24) is 4.98 Å². The van der Waals surface area contributed by atoms with Crippen LogP contribution in [0.1, 0.15) is 49.2 Å². The average molecular weight is 443 g/mol. The summed E-state index contributed by atoms with van der Waals surface area (Å²) in [6, 6.07) is 16.2. The molecule has 2 N–H and O–H groups in total. The molecule has 0 bridgehead atoms. The zero-order chi connectivity index (χ0) is 23.9.